The Kier molecular flexibility index (Phi) is 33.1. The van der Waals surface area contributed by atoms with Gasteiger partial charge in [-0.15, -0.1) is 0 Å². The zero-order chi connectivity index (χ0) is 35.6. The molecule has 0 radical (unpaired) electrons. The van der Waals surface area contributed by atoms with E-state index in [4.69, 9.17) is 38.6 Å². The first-order valence-electron chi connectivity index (χ1n) is 21.3. The van der Waals surface area contributed by atoms with Crippen LogP contribution in [0.5, 0.6) is 0 Å². The summed E-state index contributed by atoms with van der Waals surface area (Å²) in [4.78, 5) is 0. The number of aliphatic hydroxyl groups is 2. The van der Waals surface area contributed by atoms with Crippen LogP contribution in [0, 0.1) is 0 Å². The van der Waals surface area contributed by atoms with E-state index in [-0.39, 0.29) is 13.2 Å². The average molecular weight is 729 g/mol. The highest BCUT2D eigenvalue weighted by atomic mass is 32.1. The molecule has 0 aliphatic carbocycles. The van der Waals surface area contributed by atoms with Gasteiger partial charge in [-0.1, -0.05) is 194 Å². The second kappa shape index (κ2) is 34.7. The minimum Gasteiger partial charge on any atom is -0.483 e. The first-order chi connectivity index (χ1) is 24.0. The summed E-state index contributed by atoms with van der Waals surface area (Å²) in [7, 11) is 0. The maximum absolute atomic E-state index is 10.5. The molecular formula is C42H80O5S2. The Balaban J connectivity index is 2.10. The molecule has 1 fully saturated rings. The number of rotatable bonds is 36. The van der Waals surface area contributed by atoms with Crippen molar-refractivity contribution >= 4 is 34.5 Å². The van der Waals surface area contributed by atoms with Crippen LogP contribution in [0.25, 0.3) is 0 Å². The molecule has 0 bridgehead atoms. The summed E-state index contributed by atoms with van der Waals surface area (Å²) < 4.78 is 17.7. The van der Waals surface area contributed by atoms with Crippen molar-refractivity contribution in [2.45, 2.75) is 244 Å². The van der Waals surface area contributed by atoms with Gasteiger partial charge in [-0.05, 0) is 37.3 Å². The van der Waals surface area contributed by atoms with Crippen molar-refractivity contribution in [3.63, 3.8) is 0 Å². The normalized spacial score (nSPS) is 18.2. The lowest BCUT2D eigenvalue weighted by atomic mass is 10.0. The molecule has 0 saturated carbocycles. The minimum absolute atomic E-state index is 0.0844. The predicted octanol–water partition coefficient (Wildman–Crippen LogP) is 12.7. The Morgan fingerprint density at radius 3 is 1.18 bits per heavy atom. The fourth-order valence-corrected chi connectivity index (χ4v) is 7.39. The first-order valence-corrected chi connectivity index (χ1v) is 22.1. The van der Waals surface area contributed by atoms with Crippen molar-refractivity contribution in [2.24, 2.45) is 0 Å². The predicted molar refractivity (Wildman–Crippen MR) is 217 cm³/mol. The molecule has 0 aromatic heterocycles. The number of unbranched alkanes of at least 4 members (excludes halogenated alkanes) is 28. The molecule has 0 amide bonds. The van der Waals surface area contributed by atoms with Crippen LogP contribution in [0.1, 0.15) is 219 Å². The molecule has 0 aromatic rings. The zero-order valence-electron chi connectivity index (χ0n) is 32.3. The second-order valence-electron chi connectivity index (χ2n) is 15.0. The Bertz CT molecular complexity index is 751. The Hall–Kier alpha value is -0.340. The third-order valence-corrected chi connectivity index (χ3v) is 10.8. The number of hydrogen-bond acceptors (Lipinski definition) is 7. The lowest BCUT2D eigenvalue weighted by Crippen LogP contribution is -2.43. The van der Waals surface area contributed by atoms with Gasteiger partial charge in [0.15, 0.2) is 16.2 Å². The van der Waals surface area contributed by atoms with Crippen molar-refractivity contribution in [2.75, 3.05) is 13.2 Å². The average Bonchev–Trinajstić information content (AvgIpc) is 3.43. The van der Waals surface area contributed by atoms with Gasteiger partial charge >= 0.3 is 0 Å². The molecule has 0 spiro atoms. The Labute approximate surface area is 314 Å². The monoisotopic (exact) mass is 729 g/mol. The third-order valence-electron chi connectivity index (χ3n) is 10.2. The molecular weight excluding hydrogens is 649 g/mol. The third kappa shape index (κ3) is 27.9. The molecule has 5 nitrogen and oxygen atoms in total. The highest BCUT2D eigenvalue weighted by Gasteiger charge is 2.41. The van der Waals surface area contributed by atoms with Crippen LogP contribution in [0.3, 0.4) is 0 Å². The molecule has 1 rings (SSSR count). The SMILES string of the molecule is CCCCCCCCCCCCCCCCCC(=S)OC[C@@H](OC(=S)CCCCCCCCCCCCCCCCC)[C@@H]1OC[C@H](O)[C@@H]1O. The van der Waals surface area contributed by atoms with E-state index in [9.17, 15) is 10.2 Å². The van der Waals surface area contributed by atoms with Gasteiger partial charge < -0.3 is 24.4 Å². The molecule has 1 saturated heterocycles. The fourth-order valence-electron chi connectivity index (χ4n) is 6.91. The largest absolute Gasteiger partial charge is 0.483 e. The standard InChI is InChI=1S/C42H80O5S2/c1-3-5-7-9-11-13-15-17-19-21-23-25-27-29-31-33-39(48)45-36-38(42-41(44)37(43)35-46-42)47-40(49)34-32-30-28-26-24-22-20-18-16-14-12-10-8-6-4-2/h37-38,41-44H,3-36H2,1-2H3/t37-,38+,41-,42-/m0/s1. The van der Waals surface area contributed by atoms with E-state index in [1.165, 1.54) is 173 Å². The Morgan fingerprint density at radius 2 is 0.857 bits per heavy atom. The van der Waals surface area contributed by atoms with Gasteiger partial charge in [-0.2, -0.15) is 0 Å². The van der Waals surface area contributed by atoms with E-state index in [1.807, 2.05) is 0 Å². The van der Waals surface area contributed by atoms with E-state index in [1.54, 1.807) is 0 Å². The van der Waals surface area contributed by atoms with Gasteiger partial charge in [-0.3, -0.25) is 0 Å². The molecule has 49 heavy (non-hydrogen) atoms. The van der Waals surface area contributed by atoms with Gasteiger partial charge in [0.2, 0.25) is 0 Å². The lowest BCUT2D eigenvalue weighted by molar-refractivity contribution is -0.0600. The summed E-state index contributed by atoms with van der Waals surface area (Å²) in [5.41, 5.74) is 0. The second-order valence-corrected chi connectivity index (χ2v) is 15.9. The van der Waals surface area contributed by atoms with Crippen LogP contribution in [-0.2, 0) is 14.2 Å². The lowest BCUT2D eigenvalue weighted by Gasteiger charge is -2.27. The van der Waals surface area contributed by atoms with E-state index < -0.39 is 24.4 Å². The van der Waals surface area contributed by atoms with Gasteiger partial charge in [0.1, 0.15) is 24.9 Å². The van der Waals surface area contributed by atoms with E-state index in [2.05, 4.69) is 13.8 Å². The number of aliphatic hydroxyl groups excluding tert-OH is 2. The molecule has 1 aliphatic rings. The van der Waals surface area contributed by atoms with Crippen LogP contribution < -0.4 is 0 Å². The maximum Gasteiger partial charge on any atom is 0.162 e. The summed E-state index contributed by atoms with van der Waals surface area (Å²) in [6.07, 6.45) is 38.2. The molecule has 0 aromatic carbocycles. The van der Waals surface area contributed by atoms with Crippen molar-refractivity contribution in [1.82, 2.24) is 0 Å². The minimum atomic E-state index is -1.02. The van der Waals surface area contributed by atoms with Crippen molar-refractivity contribution in [3.05, 3.63) is 0 Å². The van der Waals surface area contributed by atoms with E-state index in [0.717, 1.165) is 25.7 Å². The van der Waals surface area contributed by atoms with Crippen molar-refractivity contribution < 1.29 is 24.4 Å². The van der Waals surface area contributed by atoms with Crippen LogP contribution >= 0.6 is 24.4 Å². The fraction of sp³-hybridized carbons (Fsp3) is 0.952. The highest BCUT2D eigenvalue weighted by molar-refractivity contribution is 7.80. The number of ether oxygens (including phenoxy) is 3. The van der Waals surface area contributed by atoms with Gasteiger partial charge in [0.25, 0.3) is 0 Å². The summed E-state index contributed by atoms with van der Waals surface area (Å²) in [5, 5.41) is 21.6. The molecule has 4 atom stereocenters. The van der Waals surface area contributed by atoms with Crippen molar-refractivity contribution in [3.8, 4) is 0 Å². The molecule has 290 valence electrons. The van der Waals surface area contributed by atoms with Crippen LogP contribution in [0.4, 0.5) is 0 Å². The molecule has 1 aliphatic heterocycles. The molecule has 1 heterocycles. The molecule has 2 N–H and O–H groups in total. The van der Waals surface area contributed by atoms with E-state index in [0.29, 0.717) is 16.5 Å². The molecule has 0 unspecified atom stereocenters. The van der Waals surface area contributed by atoms with E-state index >= 15 is 0 Å². The summed E-state index contributed by atoms with van der Waals surface area (Å²) >= 11 is 11.1. The summed E-state index contributed by atoms with van der Waals surface area (Å²) in [6.45, 7) is 4.82. The summed E-state index contributed by atoms with van der Waals surface area (Å²) in [6, 6.07) is 0. The quantitative estimate of drug-likeness (QED) is 0.0492. The van der Waals surface area contributed by atoms with Gasteiger partial charge in [-0.25, -0.2) is 0 Å². The highest BCUT2D eigenvalue weighted by Crippen LogP contribution is 2.22. The Morgan fingerprint density at radius 1 is 0.531 bits per heavy atom. The van der Waals surface area contributed by atoms with Crippen LogP contribution in [-0.4, -0.2) is 57.9 Å². The summed E-state index contributed by atoms with van der Waals surface area (Å²) in [5.74, 6) is 0. The number of hydrogen-bond donors (Lipinski definition) is 2. The van der Waals surface area contributed by atoms with Crippen LogP contribution in [0.2, 0.25) is 0 Å². The van der Waals surface area contributed by atoms with Crippen molar-refractivity contribution in [1.29, 1.82) is 0 Å². The number of thiocarbonyl (C=S) groups is 2. The molecule has 7 heteroatoms. The maximum atomic E-state index is 10.5. The zero-order valence-corrected chi connectivity index (χ0v) is 33.9. The van der Waals surface area contributed by atoms with Gasteiger partial charge in [0, 0.05) is 12.8 Å². The smallest absolute Gasteiger partial charge is 0.162 e. The first kappa shape index (κ1) is 46.7. The van der Waals surface area contributed by atoms with Gasteiger partial charge in [0.05, 0.1) is 6.61 Å². The topological polar surface area (TPSA) is 68.2 Å². The van der Waals surface area contributed by atoms with Crippen LogP contribution in [0.15, 0.2) is 0 Å².